The van der Waals surface area contributed by atoms with E-state index in [-0.39, 0.29) is 12.5 Å². The number of carbonyl (C=O) groups excluding carboxylic acids is 1. The molecule has 0 bridgehead atoms. The van der Waals surface area contributed by atoms with Gasteiger partial charge < -0.3 is 15.7 Å². The molecule has 0 aromatic carbocycles. The Morgan fingerprint density at radius 3 is 2.68 bits per heavy atom. The summed E-state index contributed by atoms with van der Waals surface area (Å²) in [5.41, 5.74) is 0. The zero-order valence-corrected chi connectivity index (χ0v) is 11.7. The lowest BCUT2D eigenvalue weighted by Gasteiger charge is -2.25. The SMILES string of the molecule is O=C(CN(CCO)CC1CCCN1)NC1CCCC1. The summed E-state index contributed by atoms with van der Waals surface area (Å²) in [5.74, 6) is 0.110. The Hall–Kier alpha value is -0.650. The van der Waals surface area contributed by atoms with Gasteiger partial charge >= 0.3 is 0 Å². The molecule has 1 saturated heterocycles. The molecule has 5 heteroatoms. The number of hydrogen-bond acceptors (Lipinski definition) is 4. The first-order chi connectivity index (χ1) is 9.28. The Balaban J connectivity index is 1.72. The molecule has 0 radical (unpaired) electrons. The molecule has 0 spiro atoms. The van der Waals surface area contributed by atoms with Crippen molar-refractivity contribution in [1.29, 1.82) is 0 Å². The Bertz CT molecular complexity index is 274. The fourth-order valence-corrected chi connectivity index (χ4v) is 3.15. The summed E-state index contributed by atoms with van der Waals surface area (Å²) in [6.45, 7) is 3.04. The van der Waals surface area contributed by atoms with Crippen molar-refractivity contribution in [3.05, 3.63) is 0 Å². The van der Waals surface area contributed by atoms with Crippen molar-refractivity contribution in [2.45, 2.75) is 50.6 Å². The van der Waals surface area contributed by atoms with Gasteiger partial charge in [0, 0.05) is 25.2 Å². The molecule has 1 aliphatic heterocycles. The first kappa shape index (κ1) is 14.8. The minimum Gasteiger partial charge on any atom is -0.395 e. The molecule has 0 aromatic rings. The van der Waals surface area contributed by atoms with Crippen LogP contribution in [0.2, 0.25) is 0 Å². The lowest BCUT2D eigenvalue weighted by molar-refractivity contribution is -0.123. The van der Waals surface area contributed by atoms with Gasteiger partial charge in [0.1, 0.15) is 0 Å². The standard InChI is InChI=1S/C14H27N3O2/c18-9-8-17(10-13-6-3-7-15-13)11-14(19)16-12-4-1-2-5-12/h12-13,15,18H,1-11H2,(H,16,19). The molecular weight excluding hydrogens is 242 g/mol. The van der Waals surface area contributed by atoms with Crippen LogP contribution in [0.5, 0.6) is 0 Å². The second-order valence-corrected chi connectivity index (χ2v) is 5.80. The Morgan fingerprint density at radius 2 is 2.05 bits per heavy atom. The van der Waals surface area contributed by atoms with Gasteiger partial charge in [0.05, 0.1) is 13.2 Å². The summed E-state index contributed by atoms with van der Waals surface area (Å²) in [6.07, 6.45) is 7.10. The van der Waals surface area contributed by atoms with Crippen molar-refractivity contribution in [2.24, 2.45) is 0 Å². The van der Waals surface area contributed by atoms with Gasteiger partial charge in [0.2, 0.25) is 5.91 Å². The third-order valence-electron chi connectivity index (χ3n) is 4.14. The van der Waals surface area contributed by atoms with Crippen LogP contribution in [0.1, 0.15) is 38.5 Å². The third kappa shape index (κ3) is 5.09. The van der Waals surface area contributed by atoms with E-state index in [9.17, 15) is 4.79 Å². The van der Waals surface area contributed by atoms with Gasteiger partial charge in [-0.1, -0.05) is 12.8 Å². The first-order valence-corrected chi connectivity index (χ1v) is 7.64. The fourth-order valence-electron chi connectivity index (χ4n) is 3.15. The Labute approximate surface area is 115 Å². The van der Waals surface area contributed by atoms with Crippen molar-refractivity contribution in [2.75, 3.05) is 32.8 Å². The van der Waals surface area contributed by atoms with Crippen LogP contribution in [-0.4, -0.2) is 60.8 Å². The smallest absolute Gasteiger partial charge is 0.234 e. The summed E-state index contributed by atoms with van der Waals surface area (Å²) in [5, 5.41) is 15.7. The summed E-state index contributed by atoms with van der Waals surface area (Å²) >= 11 is 0. The lowest BCUT2D eigenvalue weighted by Crippen LogP contribution is -2.46. The van der Waals surface area contributed by atoms with E-state index in [1.165, 1.54) is 25.7 Å². The van der Waals surface area contributed by atoms with Gasteiger partial charge in [-0.3, -0.25) is 9.69 Å². The van der Waals surface area contributed by atoms with Gasteiger partial charge in [-0.2, -0.15) is 0 Å². The molecule has 0 aromatic heterocycles. The number of amides is 1. The molecule has 5 nitrogen and oxygen atoms in total. The second kappa shape index (κ2) is 7.82. The molecule has 110 valence electrons. The molecule has 1 heterocycles. The number of nitrogens with one attached hydrogen (secondary N) is 2. The second-order valence-electron chi connectivity index (χ2n) is 5.80. The van der Waals surface area contributed by atoms with Crippen LogP contribution < -0.4 is 10.6 Å². The van der Waals surface area contributed by atoms with Crippen molar-refractivity contribution in [3.8, 4) is 0 Å². The third-order valence-corrected chi connectivity index (χ3v) is 4.14. The minimum absolute atomic E-state index is 0.110. The topological polar surface area (TPSA) is 64.6 Å². The maximum atomic E-state index is 12.0. The molecular formula is C14H27N3O2. The van der Waals surface area contributed by atoms with Gasteiger partial charge in [-0.05, 0) is 32.2 Å². The van der Waals surface area contributed by atoms with Crippen LogP contribution in [0.25, 0.3) is 0 Å². The van der Waals surface area contributed by atoms with E-state index in [1.807, 2.05) is 0 Å². The predicted molar refractivity (Wildman–Crippen MR) is 74.9 cm³/mol. The molecule has 2 aliphatic rings. The van der Waals surface area contributed by atoms with E-state index in [0.29, 0.717) is 25.2 Å². The molecule has 2 rings (SSSR count). The number of rotatable bonds is 7. The molecule has 1 aliphatic carbocycles. The van der Waals surface area contributed by atoms with Crippen LogP contribution in [0.3, 0.4) is 0 Å². The zero-order chi connectivity index (χ0) is 13.5. The van der Waals surface area contributed by atoms with Crippen LogP contribution >= 0.6 is 0 Å². The largest absolute Gasteiger partial charge is 0.395 e. The number of hydrogen-bond donors (Lipinski definition) is 3. The van der Waals surface area contributed by atoms with Crippen molar-refractivity contribution in [1.82, 2.24) is 15.5 Å². The maximum Gasteiger partial charge on any atom is 0.234 e. The molecule has 2 fully saturated rings. The van der Waals surface area contributed by atoms with Crippen LogP contribution in [-0.2, 0) is 4.79 Å². The van der Waals surface area contributed by atoms with Crippen LogP contribution in [0.4, 0.5) is 0 Å². The molecule has 3 N–H and O–H groups in total. The van der Waals surface area contributed by atoms with E-state index in [1.54, 1.807) is 0 Å². The van der Waals surface area contributed by atoms with E-state index < -0.39 is 0 Å². The van der Waals surface area contributed by atoms with Gasteiger partial charge in [0.15, 0.2) is 0 Å². The quantitative estimate of drug-likeness (QED) is 0.613. The van der Waals surface area contributed by atoms with Crippen molar-refractivity contribution >= 4 is 5.91 Å². The van der Waals surface area contributed by atoms with E-state index in [2.05, 4.69) is 15.5 Å². The van der Waals surface area contributed by atoms with Gasteiger partial charge in [-0.25, -0.2) is 0 Å². The van der Waals surface area contributed by atoms with Crippen LogP contribution in [0, 0.1) is 0 Å². The van der Waals surface area contributed by atoms with Crippen molar-refractivity contribution in [3.63, 3.8) is 0 Å². The average molecular weight is 269 g/mol. The molecule has 1 amide bonds. The predicted octanol–water partition coefficient (Wildman–Crippen LogP) is 0.0915. The summed E-state index contributed by atoms with van der Waals surface area (Å²) in [6, 6.07) is 0.860. The number of aliphatic hydroxyl groups is 1. The van der Waals surface area contributed by atoms with E-state index in [0.717, 1.165) is 25.9 Å². The summed E-state index contributed by atoms with van der Waals surface area (Å²) in [4.78, 5) is 14.1. The maximum absolute atomic E-state index is 12.0. The lowest BCUT2D eigenvalue weighted by atomic mass is 10.2. The highest BCUT2D eigenvalue weighted by Gasteiger charge is 2.21. The number of nitrogens with zero attached hydrogens (tertiary/aromatic N) is 1. The molecule has 19 heavy (non-hydrogen) atoms. The summed E-state index contributed by atoms with van der Waals surface area (Å²) in [7, 11) is 0. The number of carbonyl (C=O) groups is 1. The highest BCUT2D eigenvalue weighted by molar-refractivity contribution is 5.78. The Kier molecular flexibility index (Phi) is 6.07. The van der Waals surface area contributed by atoms with Crippen molar-refractivity contribution < 1.29 is 9.90 Å². The fraction of sp³-hybridized carbons (Fsp3) is 0.929. The average Bonchev–Trinajstić information content (AvgIpc) is 3.02. The molecule has 1 saturated carbocycles. The highest BCUT2D eigenvalue weighted by Crippen LogP contribution is 2.17. The van der Waals surface area contributed by atoms with Gasteiger partial charge in [0.25, 0.3) is 0 Å². The summed E-state index contributed by atoms with van der Waals surface area (Å²) < 4.78 is 0. The molecule has 1 atom stereocenters. The zero-order valence-electron chi connectivity index (χ0n) is 11.7. The number of aliphatic hydroxyl groups excluding tert-OH is 1. The van der Waals surface area contributed by atoms with Gasteiger partial charge in [-0.15, -0.1) is 0 Å². The minimum atomic E-state index is 0.110. The van der Waals surface area contributed by atoms with Crippen LogP contribution in [0.15, 0.2) is 0 Å². The normalized spacial score (nSPS) is 24.2. The van der Waals surface area contributed by atoms with E-state index in [4.69, 9.17) is 5.11 Å². The molecule has 1 unspecified atom stereocenters. The van der Waals surface area contributed by atoms with E-state index >= 15 is 0 Å². The monoisotopic (exact) mass is 269 g/mol. The Morgan fingerprint density at radius 1 is 1.26 bits per heavy atom. The first-order valence-electron chi connectivity index (χ1n) is 7.64. The highest BCUT2D eigenvalue weighted by atomic mass is 16.3.